The summed E-state index contributed by atoms with van der Waals surface area (Å²) >= 11 is 0. The van der Waals surface area contributed by atoms with Crippen LogP contribution in [0.15, 0.2) is 96.6 Å². The number of rotatable bonds is 9. The van der Waals surface area contributed by atoms with Crippen molar-refractivity contribution in [3.05, 3.63) is 119 Å². The zero-order valence-electron chi connectivity index (χ0n) is 20.6. The minimum absolute atomic E-state index is 0.0295. The van der Waals surface area contributed by atoms with Crippen LogP contribution >= 0.6 is 0 Å². The summed E-state index contributed by atoms with van der Waals surface area (Å²) in [6.07, 6.45) is 17.2. The summed E-state index contributed by atoms with van der Waals surface area (Å²) in [6.45, 7) is 15.9. The highest BCUT2D eigenvalue weighted by molar-refractivity contribution is 5.41. The maximum atomic E-state index is 2.32. The highest BCUT2D eigenvalue weighted by atomic mass is 14.3. The van der Waals surface area contributed by atoms with Crippen LogP contribution in [0.1, 0.15) is 70.2 Å². The van der Waals surface area contributed by atoms with E-state index in [1.165, 1.54) is 27.8 Å². The molecule has 0 bridgehead atoms. The number of benzene rings is 2. The van der Waals surface area contributed by atoms with E-state index in [1.807, 2.05) is 0 Å². The molecule has 0 saturated heterocycles. The molecule has 0 aromatic heterocycles. The Labute approximate surface area is 191 Å². The molecule has 0 N–H and O–H groups in total. The Morgan fingerprint density at radius 3 is 2.03 bits per heavy atom. The number of allylic oxidation sites excluding steroid dienone is 8. The zero-order valence-corrected chi connectivity index (χ0v) is 20.6. The Hall–Kier alpha value is -2.60. The fourth-order valence-corrected chi connectivity index (χ4v) is 4.13. The fraction of sp³-hybridized carbons (Fsp3) is 0.355. The lowest BCUT2D eigenvalue weighted by atomic mass is 9.75. The largest absolute Gasteiger partial charge is 0.0837 e. The van der Waals surface area contributed by atoms with Gasteiger partial charge in [0, 0.05) is 5.41 Å². The van der Waals surface area contributed by atoms with Gasteiger partial charge in [0.05, 0.1) is 0 Å². The molecule has 0 radical (unpaired) electrons. The van der Waals surface area contributed by atoms with Gasteiger partial charge in [-0.1, -0.05) is 131 Å². The molecule has 0 saturated carbocycles. The first-order valence-corrected chi connectivity index (χ1v) is 11.5. The molecular formula is C31H40. The summed E-state index contributed by atoms with van der Waals surface area (Å²) in [5, 5.41) is 0. The van der Waals surface area contributed by atoms with Crippen LogP contribution in [0.2, 0.25) is 0 Å². The van der Waals surface area contributed by atoms with Crippen molar-refractivity contribution in [3.8, 4) is 0 Å². The molecule has 0 aliphatic rings. The maximum absolute atomic E-state index is 2.32. The second-order valence-corrected chi connectivity index (χ2v) is 9.59. The Morgan fingerprint density at radius 2 is 1.35 bits per heavy atom. The third-order valence-electron chi connectivity index (χ3n) is 6.49. The quantitative estimate of drug-likeness (QED) is 0.361. The molecule has 164 valence electrons. The molecule has 2 rings (SSSR count). The van der Waals surface area contributed by atoms with Crippen LogP contribution in [-0.2, 0) is 17.3 Å². The van der Waals surface area contributed by atoms with Crippen molar-refractivity contribution in [2.24, 2.45) is 0 Å². The summed E-state index contributed by atoms with van der Waals surface area (Å²) in [7, 11) is 0. The van der Waals surface area contributed by atoms with Crippen LogP contribution in [0.3, 0.4) is 0 Å². The van der Waals surface area contributed by atoms with Crippen molar-refractivity contribution >= 4 is 0 Å². The van der Waals surface area contributed by atoms with Gasteiger partial charge in [0.15, 0.2) is 0 Å². The van der Waals surface area contributed by atoms with Crippen molar-refractivity contribution in [1.82, 2.24) is 0 Å². The third-order valence-corrected chi connectivity index (χ3v) is 6.49. The fourth-order valence-electron chi connectivity index (χ4n) is 4.13. The van der Waals surface area contributed by atoms with Crippen molar-refractivity contribution < 1.29 is 0 Å². The Kier molecular flexibility index (Phi) is 8.87. The summed E-state index contributed by atoms with van der Waals surface area (Å²) in [6, 6.07) is 17.5. The van der Waals surface area contributed by atoms with Crippen LogP contribution in [0.25, 0.3) is 0 Å². The summed E-state index contributed by atoms with van der Waals surface area (Å²) in [5.41, 5.74) is 7.20. The lowest BCUT2D eigenvalue weighted by Crippen LogP contribution is -2.20. The average molecular weight is 413 g/mol. The van der Waals surface area contributed by atoms with Crippen LogP contribution in [-0.4, -0.2) is 0 Å². The molecule has 0 aliphatic heterocycles. The lowest BCUT2D eigenvalue weighted by molar-refractivity contribution is 0.531. The first kappa shape index (κ1) is 24.7. The molecule has 2 aromatic rings. The summed E-state index contributed by atoms with van der Waals surface area (Å²) in [4.78, 5) is 0. The predicted molar refractivity (Wildman–Crippen MR) is 139 cm³/mol. The highest BCUT2D eigenvalue weighted by Gasteiger charge is 2.24. The minimum Gasteiger partial charge on any atom is -0.0837 e. The van der Waals surface area contributed by atoms with Crippen LogP contribution in [0.5, 0.6) is 0 Å². The molecule has 0 aliphatic carbocycles. The van der Waals surface area contributed by atoms with E-state index in [9.17, 15) is 0 Å². The van der Waals surface area contributed by atoms with E-state index in [0.717, 1.165) is 12.8 Å². The average Bonchev–Trinajstić information content (AvgIpc) is 2.75. The number of hydrogen-bond donors (Lipinski definition) is 0. The van der Waals surface area contributed by atoms with Gasteiger partial charge >= 0.3 is 0 Å². The van der Waals surface area contributed by atoms with Gasteiger partial charge in [0.2, 0.25) is 0 Å². The van der Waals surface area contributed by atoms with E-state index in [2.05, 4.69) is 140 Å². The second kappa shape index (κ2) is 11.1. The molecule has 0 amide bonds. The molecular weight excluding hydrogens is 372 g/mol. The monoisotopic (exact) mass is 412 g/mol. The first-order valence-electron chi connectivity index (χ1n) is 11.5. The third kappa shape index (κ3) is 6.69. The molecule has 0 fully saturated rings. The molecule has 0 unspecified atom stereocenters. The molecule has 2 aromatic carbocycles. The van der Waals surface area contributed by atoms with E-state index in [-0.39, 0.29) is 10.8 Å². The van der Waals surface area contributed by atoms with E-state index in [1.54, 1.807) is 0 Å². The Morgan fingerprint density at radius 1 is 0.774 bits per heavy atom. The van der Waals surface area contributed by atoms with Crippen molar-refractivity contribution in [3.63, 3.8) is 0 Å². The van der Waals surface area contributed by atoms with Gasteiger partial charge in [-0.05, 0) is 54.4 Å². The molecule has 0 heteroatoms. The van der Waals surface area contributed by atoms with Gasteiger partial charge in [-0.3, -0.25) is 0 Å². The van der Waals surface area contributed by atoms with Gasteiger partial charge in [-0.15, -0.1) is 0 Å². The summed E-state index contributed by atoms with van der Waals surface area (Å²) in [5.74, 6) is 0. The van der Waals surface area contributed by atoms with Gasteiger partial charge in [-0.25, -0.2) is 0 Å². The van der Waals surface area contributed by atoms with Crippen LogP contribution in [0, 0.1) is 6.92 Å². The molecule has 31 heavy (non-hydrogen) atoms. The number of aryl methyl sites for hydroxylation is 2. The van der Waals surface area contributed by atoms with E-state index >= 15 is 0 Å². The Balaban J connectivity index is 1.96. The standard InChI is InChI=1S/C31H40/c1-8-27-21-15-17-23-29(27)31(6,7)26(3)20-13-11-9-10-12-18-24-30(4,5)28-22-16-14-19-25(28)2/h9-23H,8,24H2,1-7H3/b10-9+,13-11+,18-12+,26-20-. The Bertz CT molecular complexity index is 961. The highest BCUT2D eigenvalue weighted by Crippen LogP contribution is 2.34. The predicted octanol–water partition coefficient (Wildman–Crippen LogP) is 8.82. The van der Waals surface area contributed by atoms with Crippen molar-refractivity contribution in [2.45, 2.75) is 72.1 Å². The van der Waals surface area contributed by atoms with Crippen molar-refractivity contribution in [2.75, 3.05) is 0 Å². The smallest absolute Gasteiger partial charge is 0.0108 e. The van der Waals surface area contributed by atoms with E-state index < -0.39 is 0 Å². The summed E-state index contributed by atoms with van der Waals surface area (Å²) < 4.78 is 0. The van der Waals surface area contributed by atoms with Crippen LogP contribution < -0.4 is 0 Å². The maximum Gasteiger partial charge on any atom is 0.0108 e. The van der Waals surface area contributed by atoms with Crippen molar-refractivity contribution in [1.29, 1.82) is 0 Å². The SMILES string of the molecule is CCc1ccccc1C(C)(C)\C(C)=C/C=C/C=C/C=C/CC(C)(C)c1ccccc1C. The van der Waals surface area contributed by atoms with Gasteiger partial charge in [0.1, 0.15) is 0 Å². The van der Waals surface area contributed by atoms with Gasteiger partial charge < -0.3 is 0 Å². The van der Waals surface area contributed by atoms with Gasteiger partial charge in [-0.2, -0.15) is 0 Å². The minimum atomic E-state index is 0.0295. The zero-order chi connectivity index (χ0) is 22.9. The van der Waals surface area contributed by atoms with Crippen LogP contribution in [0.4, 0.5) is 0 Å². The first-order chi connectivity index (χ1) is 14.7. The normalized spacial score (nSPS) is 13.7. The van der Waals surface area contributed by atoms with E-state index in [4.69, 9.17) is 0 Å². The molecule has 0 atom stereocenters. The molecule has 0 heterocycles. The van der Waals surface area contributed by atoms with E-state index in [0.29, 0.717) is 0 Å². The topological polar surface area (TPSA) is 0 Å². The second-order valence-electron chi connectivity index (χ2n) is 9.59. The molecule has 0 nitrogen and oxygen atoms in total. The van der Waals surface area contributed by atoms with Gasteiger partial charge in [0.25, 0.3) is 0 Å². The molecule has 0 spiro atoms. The lowest BCUT2D eigenvalue weighted by Gasteiger charge is -2.29. The number of hydrogen-bond acceptors (Lipinski definition) is 0.